The van der Waals surface area contributed by atoms with Crippen LogP contribution in [0.5, 0.6) is 5.75 Å². The number of halogens is 3. The van der Waals surface area contributed by atoms with Crippen LogP contribution in [0.25, 0.3) is 0 Å². The predicted octanol–water partition coefficient (Wildman–Crippen LogP) is 6.29. The normalized spacial score (nSPS) is 14.8. The van der Waals surface area contributed by atoms with Gasteiger partial charge in [-0.05, 0) is 57.0 Å². The lowest BCUT2D eigenvalue weighted by atomic mass is 9.93. The number of nitrogens with zero attached hydrogens (tertiary/aromatic N) is 1. The van der Waals surface area contributed by atoms with Gasteiger partial charge in [-0.25, -0.2) is 4.79 Å². The first kappa shape index (κ1) is 21.7. The number of aryl methyl sites for hydroxylation is 2. The van der Waals surface area contributed by atoms with Crippen LogP contribution in [0.1, 0.15) is 51.4 Å². The summed E-state index contributed by atoms with van der Waals surface area (Å²) in [6.07, 6.45) is -2.45. The molecular formula is C24H21F3N2O3. The van der Waals surface area contributed by atoms with Crippen molar-refractivity contribution in [3.63, 3.8) is 0 Å². The fraction of sp³-hybridized carbons (Fsp3) is 0.250. The van der Waals surface area contributed by atoms with E-state index in [-0.39, 0.29) is 11.4 Å². The lowest BCUT2D eigenvalue weighted by Crippen LogP contribution is -2.14. The monoisotopic (exact) mass is 442 g/mol. The second-order valence-corrected chi connectivity index (χ2v) is 7.66. The summed E-state index contributed by atoms with van der Waals surface area (Å²) in [4.78, 5) is 12.7. The number of ether oxygens (including phenoxy) is 1. The number of benzene rings is 2. The van der Waals surface area contributed by atoms with E-state index >= 15 is 0 Å². The Labute approximate surface area is 182 Å². The van der Waals surface area contributed by atoms with Gasteiger partial charge < -0.3 is 9.15 Å². The third-order valence-corrected chi connectivity index (χ3v) is 5.25. The zero-order valence-corrected chi connectivity index (χ0v) is 17.5. The van der Waals surface area contributed by atoms with Crippen LogP contribution in [0, 0.1) is 13.8 Å². The largest absolute Gasteiger partial charge is 0.453 e. The van der Waals surface area contributed by atoms with Gasteiger partial charge in [0.25, 0.3) is 0 Å². The van der Waals surface area contributed by atoms with Crippen LogP contribution in [-0.4, -0.2) is 11.7 Å². The molecule has 1 heterocycles. The molecule has 8 heteroatoms. The van der Waals surface area contributed by atoms with Crippen molar-refractivity contribution >= 4 is 17.4 Å². The molecule has 0 fully saturated rings. The summed E-state index contributed by atoms with van der Waals surface area (Å²) in [6.45, 7) is 3.68. The van der Waals surface area contributed by atoms with Crippen molar-refractivity contribution in [2.45, 2.75) is 39.3 Å². The molecule has 0 saturated carbocycles. The molecule has 4 rings (SSSR count). The Balaban J connectivity index is 1.58. The van der Waals surface area contributed by atoms with Crippen LogP contribution in [0.2, 0.25) is 0 Å². The van der Waals surface area contributed by atoms with E-state index in [1.54, 1.807) is 19.1 Å². The molecule has 3 aromatic rings. The van der Waals surface area contributed by atoms with E-state index in [1.165, 1.54) is 12.1 Å². The van der Waals surface area contributed by atoms with Crippen molar-refractivity contribution < 1.29 is 27.1 Å². The Bertz CT molecular complexity index is 1180. The van der Waals surface area contributed by atoms with E-state index in [0.717, 1.165) is 24.1 Å². The van der Waals surface area contributed by atoms with E-state index in [2.05, 4.69) is 10.5 Å². The SMILES string of the molecule is Cc1ccc(OC(=O)c2oc3c(c2C)/C(=N/Nc2cccc(C(F)(F)F)c2)CCC3)cc1. The summed E-state index contributed by atoms with van der Waals surface area (Å²) in [5, 5.41) is 4.33. The van der Waals surface area contributed by atoms with Gasteiger partial charge in [-0.15, -0.1) is 0 Å². The summed E-state index contributed by atoms with van der Waals surface area (Å²) >= 11 is 0. The zero-order chi connectivity index (χ0) is 22.9. The first-order chi connectivity index (χ1) is 15.2. The van der Waals surface area contributed by atoms with Crippen LogP contribution in [0.3, 0.4) is 0 Å². The Morgan fingerprint density at radius 1 is 1.09 bits per heavy atom. The van der Waals surface area contributed by atoms with E-state index in [0.29, 0.717) is 41.2 Å². The molecule has 1 aliphatic rings. The minimum Gasteiger partial charge on any atom is -0.453 e. The maximum atomic E-state index is 12.9. The number of hydrazone groups is 1. The summed E-state index contributed by atoms with van der Waals surface area (Å²) < 4.78 is 50.1. The van der Waals surface area contributed by atoms with Crippen LogP contribution >= 0.6 is 0 Å². The smallest absolute Gasteiger partial charge is 0.416 e. The standard InChI is InChI=1S/C24H21F3N2O3/c1-14-9-11-18(12-10-14)31-23(30)22-15(2)21-19(7-4-8-20(21)32-22)29-28-17-6-3-5-16(13-17)24(25,26)27/h3,5-6,9-13,28H,4,7-8H2,1-2H3/b29-19+. The van der Waals surface area contributed by atoms with Crippen LogP contribution in [0.15, 0.2) is 58.0 Å². The highest BCUT2D eigenvalue weighted by Gasteiger charge is 2.31. The first-order valence-corrected chi connectivity index (χ1v) is 10.1. The summed E-state index contributed by atoms with van der Waals surface area (Å²) in [5.74, 6) is 0.527. The zero-order valence-electron chi connectivity index (χ0n) is 17.5. The molecule has 1 aromatic heterocycles. The second kappa shape index (κ2) is 8.53. The molecule has 0 spiro atoms. The van der Waals surface area contributed by atoms with Crippen LogP contribution < -0.4 is 10.2 Å². The lowest BCUT2D eigenvalue weighted by molar-refractivity contribution is -0.137. The number of carbonyl (C=O) groups is 1. The number of rotatable bonds is 4. The van der Waals surface area contributed by atoms with Crippen molar-refractivity contribution in [3.8, 4) is 5.75 Å². The number of hydrogen-bond donors (Lipinski definition) is 1. The molecule has 5 nitrogen and oxygen atoms in total. The quantitative estimate of drug-likeness (QED) is 0.293. The maximum absolute atomic E-state index is 12.9. The van der Waals surface area contributed by atoms with Crippen molar-refractivity contribution in [2.24, 2.45) is 5.10 Å². The van der Waals surface area contributed by atoms with Crippen LogP contribution in [0.4, 0.5) is 18.9 Å². The van der Waals surface area contributed by atoms with Gasteiger partial charge in [0.1, 0.15) is 11.5 Å². The highest BCUT2D eigenvalue weighted by Crippen LogP contribution is 2.32. The summed E-state index contributed by atoms with van der Waals surface area (Å²) in [7, 11) is 0. The van der Waals surface area contributed by atoms with Gasteiger partial charge in [-0.1, -0.05) is 23.8 Å². The molecule has 0 aliphatic heterocycles. The average Bonchev–Trinajstić information content (AvgIpc) is 3.11. The Kier molecular flexibility index (Phi) is 5.78. The Hall–Kier alpha value is -3.55. The number of alkyl halides is 3. The van der Waals surface area contributed by atoms with Gasteiger partial charge in [0.15, 0.2) is 0 Å². The first-order valence-electron chi connectivity index (χ1n) is 10.1. The predicted molar refractivity (Wildman–Crippen MR) is 114 cm³/mol. The number of furan rings is 1. The third-order valence-electron chi connectivity index (χ3n) is 5.25. The number of carbonyl (C=O) groups excluding carboxylic acids is 1. The Morgan fingerprint density at radius 2 is 1.84 bits per heavy atom. The van der Waals surface area contributed by atoms with E-state index in [1.807, 2.05) is 19.1 Å². The molecule has 0 amide bonds. The Morgan fingerprint density at radius 3 is 2.56 bits per heavy atom. The lowest BCUT2D eigenvalue weighted by Gasteiger charge is -2.14. The summed E-state index contributed by atoms with van der Waals surface area (Å²) in [6, 6.07) is 11.9. The highest BCUT2D eigenvalue weighted by atomic mass is 19.4. The molecule has 1 aliphatic carbocycles. The number of esters is 1. The maximum Gasteiger partial charge on any atom is 0.416 e. The topological polar surface area (TPSA) is 63.8 Å². The fourth-order valence-electron chi connectivity index (χ4n) is 3.63. The number of hydrogen-bond acceptors (Lipinski definition) is 5. The van der Waals surface area contributed by atoms with Crippen molar-refractivity contribution in [3.05, 3.63) is 82.3 Å². The van der Waals surface area contributed by atoms with Gasteiger partial charge in [0.05, 0.1) is 17.0 Å². The van der Waals surface area contributed by atoms with Gasteiger partial charge in [0, 0.05) is 17.5 Å². The van der Waals surface area contributed by atoms with Gasteiger partial charge >= 0.3 is 12.1 Å². The van der Waals surface area contributed by atoms with Crippen molar-refractivity contribution in [2.75, 3.05) is 5.43 Å². The number of nitrogens with one attached hydrogen (secondary N) is 1. The van der Waals surface area contributed by atoms with Gasteiger partial charge in [-0.2, -0.15) is 18.3 Å². The molecular weight excluding hydrogens is 421 g/mol. The molecule has 0 radical (unpaired) electrons. The molecule has 0 saturated heterocycles. The molecule has 0 unspecified atom stereocenters. The third kappa shape index (κ3) is 4.54. The average molecular weight is 442 g/mol. The van der Waals surface area contributed by atoms with E-state index in [4.69, 9.17) is 9.15 Å². The van der Waals surface area contributed by atoms with Crippen LogP contribution in [-0.2, 0) is 12.6 Å². The number of anilines is 1. The molecule has 0 atom stereocenters. The fourth-order valence-corrected chi connectivity index (χ4v) is 3.63. The number of fused-ring (bicyclic) bond motifs is 1. The minimum absolute atomic E-state index is 0.101. The molecule has 0 bridgehead atoms. The van der Waals surface area contributed by atoms with Gasteiger partial charge in [-0.3, -0.25) is 5.43 Å². The molecule has 32 heavy (non-hydrogen) atoms. The van der Waals surface area contributed by atoms with Gasteiger partial charge in [0.2, 0.25) is 5.76 Å². The summed E-state index contributed by atoms with van der Waals surface area (Å²) in [5.41, 5.74) is 5.14. The van der Waals surface area contributed by atoms with Crippen molar-refractivity contribution in [1.29, 1.82) is 0 Å². The molecule has 2 aromatic carbocycles. The van der Waals surface area contributed by atoms with Crippen molar-refractivity contribution in [1.82, 2.24) is 0 Å². The van der Waals surface area contributed by atoms with E-state index < -0.39 is 17.7 Å². The second-order valence-electron chi connectivity index (χ2n) is 7.66. The van der Waals surface area contributed by atoms with E-state index in [9.17, 15) is 18.0 Å². The molecule has 166 valence electrons. The molecule has 1 N–H and O–H groups in total. The highest BCUT2D eigenvalue weighted by molar-refractivity contribution is 6.06. The minimum atomic E-state index is -4.43.